The summed E-state index contributed by atoms with van der Waals surface area (Å²) in [7, 11) is 0. The van der Waals surface area contributed by atoms with Crippen molar-refractivity contribution in [1.82, 2.24) is 5.32 Å². The van der Waals surface area contributed by atoms with E-state index >= 15 is 0 Å². The molecule has 0 aromatic heterocycles. The molecule has 1 aliphatic rings. The number of alkyl carbamates (subject to hydrolysis) is 1. The van der Waals surface area contributed by atoms with E-state index in [4.69, 9.17) is 14.6 Å². The van der Waals surface area contributed by atoms with Crippen molar-refractivity contribution in [3.8, 4) is 0 Å². The molecule has 6 nitrogen and oxygen atoms in total. The number of ether oxygens (including phenoxy) is 2. The van der Waals surface area contributed by atoms with Gasteiger partial charge in [0.25, 0.3) is 0 Å². The van der Waals surface area contributed by atoms with Crippen LogP contribution in [0.5, 0.6) is 0 Å². The molecule has 6 heteroatoms. The first kappa shape index (κ1) is 13.8. The number of hydrogen-bond donors (Lipinski definition) is 2. The number of aliphatic carboxylic acids is 1. The third kappa shape index (κ3) is 3.33. The first-order valence-electron chi connectivity index (χ1n) is 5.66. The second kappa shape index (κ2) is 5.35. The van der Waals surface area contributed by atoms with Gasteiger partial charge in [-0.3, -0.25) is 0 Å². The Labute approximate surface area is 100 Å². The highest BCUT2D eigenvalue weighted by Crippen LogP contribution is 2.17. The van der Waals surface area contributed by atoms with E-state index in [2.05, 4.69) is 5.32 Å². The predicted octanol–water partition coefficient (Wildman–Crippen LogP) is 1.00. The second-order valence-corrected chi connectivity index (χ2v) is 4.68. The third-order valence-corrected chi connectivity index (χ3v) is 3.12. The standard InChI is InChI=1S/C11H19NO5/c1-7(2)11(3,9(13)14)12-10(15)17-8-4-5-16-6-8/h7-8H,4-6H2,1-3H3,(H,12,15)(H,13,14). The number of amides is 1. The van der Waals surface area contributed by atoms with E-state index in [1.54, 1.807) is 13.8 Å². The number of carbonyl (C=O) groups excluding carboxylic acids is 1. The maximum Gasteiger partial charge on any atom is 0.408 e. The summed E-state index contributed by atoms with van der Waals surface area (Å²) in [6, 6.07) is 0. The maximum atomic E-state index is 11.6. The van der Waals surface area contributed by atoms with E-state index in [9.17, 15) is 9.59 Å². The Morgan fingerprint density at radius 3 is 2.59 bits per heavy atom. The molecule has 1 rings (SSSR count). The summed E-state index contributed by atoms with van der Waals surface area (Å²) in [6.45, 7) is 5.86. The summed E-state index contributed by atoms with van der Waals surface area (Å²) in [4.78, 5) is 22.7. The van der Waals surface area contributed by atoms with Gasteiger partial charge in [0, 0.05) is 6.42 Å². The molecule has 1 amide bonds. The van der Waals surface area contributed by atoms with Gasteiger partial charge in [-0.25, -0.2) is 9.59 Å². The quantitative estimate of drug-likeness (QED) is 0.771. The van der Waals surface area contributed by atoms with E-state index in [0.717, 1.165) is 0 Å². The van der Waals surface area contributed by atoms with Crippen LogP contribution in [0.1, 0.15) is 27.2 Å². The number of carboxylic acids is 1. The lowest BCUT2D eigenvalue weighted by atomic mass is 9.89. The van der Waals surface area contributed by atoms with Crippen molar-refractivity contribution < 1.29 is 24.2 Å². The van der Waals surface area contributed by atoms with Crippen LogP contribution >= 0.6 is 0 Å². The van der Waals surface area contributed by atoms with Crippen LogP contribution < -0.4 is 5.32 Å². The minimum Gasteiger partial charge on any atom is -0.480 e. The van der Waals surface area contributed by atoms with Crippen molar-refractivity contribution >= 4 is 12.1 Å². The molecule has 0 saturated carbocycles. The molecule has 0 aliphatic carbocycles. The topological polar surface area (TPSA) is 84.9 Å². The Bertz CT molecular complexity index is 298. The van der Waals surface area contributed by atoms with Crippen molar-refractivity contribution in [2.24, 2.45) is 5.92 Å². The summed E-state index contributed by atoms with van der Waals surface area (Å²) in [6.07, 6.45) is -0.335. The predicted molar refractivity (Wildman–Crippen MR) is 59.7 cm³/mol. The molecule has 0 aromatic rings. The summed E-state index contributed by atoms with van der Waals surface area (Å²) in [5.74, 6) is -1.32. The van der Waals surface area contributed by atoms with Crippen molar-refractivity contribution in [2.75, 3.05) is 13.2 Å². The van der Waals surface area contributed by atoms with Gasteiger partial charge < -0.3 is 19.9 Å². The van der Waals surface area contributed by atoms with E-state index in [1.807, 2.05) is 0 Å². The van der Waals surface area contributed by atoms with E-state index in [0.29, 0.717) is 19.6 Å². The molecule has 1 saturated heterocycles. The minimum atomic E-state index is -1.32. The Kier molecular flexibility index (Phi) is 4.34. The van der Waals surface area contributed by atoms with Gasteiger partial charge in [-0.1, -0.05) is 13.8 Å². The molecule has 0 bridgehead atoms. The number of nitrogens with one attached hydrogen (secondary N) is 1. The van der Waals surface area contributed by atoms with Crippen LogP contribution in [0.3, 0.4) is 0 Å². The molecule has 2 atom stereocenters. The van der Waals surface area contributed by atoms with Crippen molar-refractivity contribution in [3.05, 3.63) is 0 Å². The van der Waals surface area contributed by atoms with Gasteiger partial charge in [0.15, 0.2) is 0 Å². The van der Waals surface area contributed by atoms with Crippen molar-refractivity contribution in [3.63, 3.8) is 0 Å². The number of carbonyl (C=O) groups is 2. The summed E-state index contributed by atoms with van der Waals surface area (Å²) >= 11 is 0. The molecule has 2 N–H and O–H groups in total. The largest absolute Gasteiger partial charge is 0.480 e. The zero-order valence-electron chi connectivity index (χ0n) is 10.4. The molecule has 17 heavy (non-hydrogen) atoms. The Hall–Kier alpha value is -1.30. The summed E-state index contributed by atoms with van der Waals surface area (Å²) in [5.41, 5.74) is -1.32. The van der Waals surface area contributed by atoms with Gasteiger partial charge in [-0.2, -0.15) is 0 Å². The number of hydrogen-bond acceptors (Lipinski definition) is 4. The Morgan fingerprint density at radius 1 is 1.53 bits per heavy atom. The maximum absolute atomic E-state index is 11.6. The van der Waals surface area contributed by atoms with Crippen LogP contribution in [0.2, 0.25) is 0 Å². The zero-order valence-corrected chi connectivity index (χ0v) is 10.4. The third-order valence-electron chi connectivity index (χ3n) is 3.12. The molecular formula is C11H19NO5. The van der Waals surface area contributed by atoms with Crippen LogP contribution in [0.4, 0.5) is 4.79 Å². The van der Waals surface area contributed by atoms with Gasteiger partial charge in [-0.05, 0) is 12.8 Å². The van der Waals surface area contributed by atoms with Crippen LogP contribution in [0.15, 0.2) is 0 Å². The molecular weight excluding hydrogens is 226 g/mol. The van der Waals surface area contributed by atoms with E-state index in [-0.39, 0.29) is 12.0 Å². The molecule has 1 fully saturated rings. The van der Waals surface area contributed by atoms with Crippen LogP contribution in [0, 0.1) is 5.92 Å². The molecule has 0 radical (unpaired) electrons. The lowest BCUT2D eigenvalue weighted by Crippen LogP contribution is -2.56. The highest BCUT2D eigenvalue weighted by atomic mass is 16.6. The molecule has 98 valence electrons. The minimum absolute atomic E-state index is 0.243. The van der Waals surface area contributed by atoms with Crippen LogP contribution in [-0.2, 0) is 14.3 Å². The van der Waals surface area contributed by atoms with Crippen molar-refractivity contribution in [1.29, 1.82) is 0 Å². The molecule has 0 spiro atoms. The Morgan fingerprint density at radius 2 is 2.18 bits per heavy atom. The fourth-order valence-electron chi connectivity index (χ4n) is 1.44. The van der Waals surface area contributed by atoms with Crippen LogP contribution in [-0.4, -0.2) is 42.0 Å². The first-order valence-corrected chi connectivity index (χ1v) is 5.66. The highest BCUT2D eigenvalue weighted by Gasteiger charge is 2.39. The average molecular weight is 245 g/mol. The molecule has 0 aromatic carbocycles. The van der Waals surface area contributed by atoms with E-state index < -0.39 is 17.6 Å². The lowest BCUT2D eigenvalue weighted by molar-refractivity contribution is -0.145. The fourth-order valence-corrected chi connectivity index (χ4v) is 1.44. The van der Waals surface area contributed by atoms with Gasteiger partial charge in [0.05, 0.1) is 13.2 Å². The normalized spacial score (nSPS) is 23.2. The van der Waals surface area contributed by atoms with E-state index in [1.165, 1.54) is 6.92 Å². The van der Waals surface area contributed by atoms with Gasteiger partial charge in [-0.15, -0.1) is 0 Å². The Balaban J connectivity index is 2.55. The zero-order chi connectivity index (χ0) is 13.1. The monoisotopic (exact) mass is 245 g/mol. The second-order valence-electron chi connectivity index (χ2n) is 4.68. The van der Waals surface area contributed by atoms with Crippen LogP contribution in [0.25, 0.3) is 0 Å². The van der Waals surface area contributed by atoms with Gasteiger partial charge in [0.1, 0.15) is 11.6 Å². The molecule has 1 heterocycles. The number of rotatable bonds is 4. The van der Waals surface area contributed by atoms with Gasteiger partial charge in [0.2, 0.25) is 0 Å². The van der Waals surface area contributed by atoms with Gasteiger partial charge >= 0.3 is 12.1 Å². The fraction of sp³-hybridized carbons (Fsp3) is 0.818. The lowest BCUT2D eigenvalue weighted by Gasteiger charge is -2.30. The average Bonchev–Trinajstić information content (AvgIpc) is 2.69. The highest BCUT2D eigenvalue weighted by molar-refractivity contribution is 5.84. The summed E-state index contributed by atoms with van der Waals surface area (Å²) in [5, 5.41) is 11.5. The molecule has 1 aliphatic heterocycles. The van der Waals surface area contributed by atoms with Crippen molar-refractivity contribution in [2.45, 2.75) is 38.8 Å². The SMILES string of the molecule is CC(C)C(C)(NC(=O)OC1CCOC1)C(=O)O. The smallest absolute Gasteiger partial charge is 0.408 e. The number of carboxylic acid groups (broad SMARTS) is 1. The molecule has 2 unspecified atom stereocenters. The summed E-state index contributed by atoms with van der Waals surface area (Å²) < 4.78 is 10.1. The first-order chi connectivity index (χ1) is 7.86.